The zero-order chi connectivity index (χ0) is 13.3. The van der Waals surface area contributed by atoms with Crippen LogP contribution in [0.3, 0.4) is 0 Å². The highest BCUT2D eigenvalue weighted by atomic mass is 16.1. The van der Waals surface area contributed by atoms with Crippen molar-refractivity contribution in [2.75, 3.05) is 0 Å². The van der Waals surface area contributed by atoms with Crippen LogP contribution < -0.4 is 0 Å². The predicted molar refractivity (Wildman–Crippen MR) is 74.6 cm³/mol. The van der Waals surface area contributed by atoms with Gasteiger partial charge in [0.05, 0.1) is 5.52 Å². The van der Waals surface area contributed by atoms with Crippen molar-refractivity contribution in [1.82, 2.24) is 4.98 Å². The summed E-state index contributed by atoms with van der Waals surface area (Å²) in [5.74, 6) is 0.262. The summed E-state index contributed by atoms with van der Waals surface area (Å²) < 4.78 is 0. The Bertz CT molecular complexity index is 594. The molecule has 0 aliphatic carbocycles. The van der Waals surface area contributed by atoms with E-state index in [9.17, 15) is 4.79 Å². The molecule has 0 fully saturated rings. The molecule has 0 bridgehead atoms. The van der Waals surface area contributed by atoms with E-state index in [0.29, 0.717) is 6.42 Å². The molecule has 2 heteroatoms. The zero-order valence-corrected chi connectivity index (χ0v) is 11.4. The fraction of sp³-hybridized carbons (Fsp3) is 0.375. The average Bonchev–Trinajstić information content (AvgIpc) is 2.27. The molecule has 0 unspecified atom stereocenters. The summed E-state index contributed by atoms with van der Waals surface area (Å²) in [6.45, 7) is 7.86. The van der Waals surface area contributed by atoms with Crippen molar-refractivity contribution in [3.05, 3.63) is 41.6 Å². The minimum atomic E-state index is -0.293. The third-order valence-electron chi connectivity index (χ3n) is 3.12. The fourth-order valence-electron chi connectivity index (χ4n) is 1.98. The highest BCUT2D eigenvalue weighted by molar-refractivity contribution is 5.91. The monoisotopic (exact) mass is 241 g/mol. The molecule has 0 aliphatic heterocycles. The normalized spacial score (nSPS) is 11.8. The molecule has 18 heavy (non-hydrogen) atoms. The quantitative estimate of drug-likeness (QED) is 0.802. The minimum absolute atomic E-state index is 0.262. The molecule has 1 aromatic carbocycles. The van der Waals surface area contributed by atoms with E-state index in [4.69, 9.17) is 0 Å². The van der Waals surface area contributed by atoms with Crippen molar-refractivity contribution >= 4 is 16.7 Å². The van der Waals surface area contributed by atoms with Gasteiger partial charge < -0.3 is 0 Å². The van der Waals surface area contributed by atoms with Crippen molar-refractivity contribution in [3.8, 4) is 0 Å². The van der Waals surface area contributed by atoms with Crippen molar-refractivity contribution in [2.24, 2.45) is 5.41 Å². The molecule has 1 aromatic heterocycles. The number of nitrogens with zero attached hydrogens (tertiary/aromatic N) is 1. The SMILES string of the molecule is Cc1cc(CC(=O)C(C)(C)C)c2ccccc2n1. The number of Topliss-reactive ketones (excluding diaryl/α,β-unsaturated/α-hetero) is 1. The standard InChI is InChI=1S/C16H19NO/c1-11-9-12(10-15(18)16(2,3)4)13-7-5-6-8-14(13)17-11/h5-9H,10H2,1-4H3. The number of pyridine rings is 1. The zero-order valence-electron chi connectivity index (χ0n) is 11.4. The summed E-state index contributed by atoms with van der Waals surface area (Å²) >= 11 is 0. The van der Waals surface area contributed by atoms with E-state index >= 15 is 0 Å². The number of ketones is 1. The van der Waals surface area contributed by atoms with Gasteiger partial charge in [0.2, 0.25) is 0 Å². The number of aryl methyl sites for hydroxylation is 1. The maximum atomic E-state index is 12.2. The number of hydrogen-bond acceptors (Lipinski definition) is 2. The van der Waals surface area contributed by atoms with E-state index in [0.717, 1.165) is 22.2 Å². The van der Waals surface area contributed by atoms with E-state index in [2.05, 4.69) is 4.98 Å². The Morgan fingerprint density at radius 3 is 2.56 bits per heavy atom. The average molecular weight is 241 g/mol. The molecule has 0 spiro atoms. The molecule has 0 radical (unpaired) electrons. The molecule has 0 saturated heterocycles. The van der Waals surface area contributed by atoms with Crippen LogP contribution in [-0.4, -0.2) is 10.8 Å². The Balaban J connectivity index is 2.48. The molecule has 2 rings (SSSR count). The predicted octanol–water partition coefficient (Wildman–Crippen LogP) is 3.70. The molecule has 0 N–H and O–H groups in total. The molecule has 94 valence electrons. The molecule has 0 saturated carbocycles. The van der Waals surface area contributed by atoms with Crippen molar-refractivity contribution in [2.45, 2.75) is 34.1 Å². The lowest BCUT2D eigenvalue weighted by Crippen LogP contribution is -2.22. The number of para-hydroxylation sites is 1. The molecule has 0 atom stereocenters. The van der Waals surface area contributed by atoms with Gasteiger partial charge in [-0.15, -0.1) is 0 Å². The van der Waals surface area contributed by atoms with E-state index in [1.807, 2.05) is 58.0 Å². The first-order valence-corrected chi connectivity index (χ1v) is 6.26. The Kier molecular flexibility index (Phi) is 3.20. The topological polar surface area (TPSA) is 30.0 Å². The van der Waals surface area contributed by atoms with Gasteiger partial charge in [-0.05, 0) is 24.6 Å². The molecular formula is C16H19NO. The van der Waals surface area contributed by atoms with Crippen LogP contribution in [0.5, 0.6) is 0 Å². The lowest BCUT2D eigenvalue weighted by molar-refractivity contribution is -0.125. The van der Waals surface area contributed by atoms with Crippen LogP contribution in [0.4, 0.5) is 0 Å². The highest BCUT2D eigenvalue weighted by Crippen LogP contribution is 2.23. The van der Waals surface area contributed by atoms with E-state index < -0.39 is 0 Å². The third-order valence-corrected chi connectivity index (χ3v) is 3.12. The number of aromatic nitrogens is 1. The molecule has 2 nitrogen and oxygen atoms in total. The van der Waals surface area contributed by atoms with Crippen LogP contribution in [0.2, 0.25) is 0 Å². The summed E-state index contributed by atoms with van der Waals surface area (Å²) in [5.41, 5.74) is 2.72. The van der Waals surface area contributed by atoms with Gasteiger partial charge in [-0.3, -0.25) is 9.78 Å². The maximum Gasteiger partial charge on any atom is 0.142 e. The van der Waals surface area contributed by atoms with Crippen molar-refractivity contribution in [1.29, 1.82) is 0 Å². The Morgan fingerprint density at radius 1 is 1.22 bits per heavy atom. The second kappa shape index (κ2) is 4.52. The minimum Gasteiger partial charge on any atom is -0.299 e. The lowest BCUT2D eigenvalue weighted by Gasteiger charge is -2.17. The van der Waals surface area contributed by atoms with Gasteiger partial charge in [0.25, 0.3) is 0 Å². The highest BCUT2D eigenvalue weighted by Gasteiger charge is 2.22. The number of rotatable bonds is 2. The number of hydrogen-bond donors (Lipinski definition) is 0. The van der Waals surface area contributed by atoms with E-state index in [1.54, 1.807) is 0 Å². The van der Waals surface area contributed by atoms with Crippen molar-refractivity contribution < 1.29 is 4.79 Å². The molecular weight excluding hydrogens is 222 g/mol. The second-order valence-corrected chi connectivity index (χ2v) is 5.79. The third kappa shape index (κ3) is 2.58. The van der Waals surface area contributed by atoms with E-state index in [-0.39, 0.29) is 11.2 Å². The second-order valence-electron chi connectivity index (χ2n) is 5.79. The molecule has 0 amide bonds. The summed E-state index contributed by atoms with van der Waals surface area (Å²) in [4.78, 5) is 16.7. The summed E-state index contributed by atoms with van der Waals surface area (Å²) in [6.07, 6.45) is 0.480. The molecule has 2 aromatic rings. The van der Waals surface area contributed by atoms with Gasteiger partial charge in [-0.2, -0.15) is 0 Å². The largest absolute Gasteiger partial charge is 0.299 e. The van der Waals surface area contributed by atoms with Crippen LogP contribution >= 0.6 is 0 Å². The molecule has 0 aliphatic rings. The maximum absolute atomic E-state index is 12.2. The first-order valence-electron chi connectivity index (χ1n) is 6.26. The van der Waals surface area contributed by atoms with Crippen molar-refractivity contribution in [3.63, 3.8) is 0 Å². The molecule has 1 heterocycles. The lowest BCUT2D eigenvalue weighted by atomic mass is 9.86. The van der Waals surface area contributed by atoms with Gasteiger partial charge in [0.1, 0.15) is 5.78 Å². The Hall–Kier alpha value is -1.70. The number of carbonyl (C=O) groups excluding carboxylic acids is 1. The Labute approximate surface area is 108 Å². The summed E-state index contributed by atoms with van der Waals surface area (Å²) in [7, 11) is 0. The number of fused-ring (bicyclic) bond motifs is 1. The Morgan fingerprint density at radius 2 is 1.89 bits per heavy atom. The van der Waals surface area contributed by atoms with Gasteiger partial charge in [0, 0.05) is 22.9 Å². The number of benzene rings is 1. The number of carbonyl (C=O) groups is 1. The first kappa shape index (κ1) is 12.7. The van der Waals surface area contributed by atoms with Crippen LogP contribution in [0, 0.1) is 12.3 Å². The van der Waals surface area contributed by atoms with Crippen LogP contribution in [0.15, 0.2) is 30.3 Å². The van der Waals surface area contributed by atoms with E-state index in [1.165, 1.54) is 0 Å². The van der Waals surface area contributed by atoms with Gasteiger partial charge >= 0.3 is 0 Å². The van der Waals surface area contributed by atoms with Gasteiger partial charge in [-0.25, -0.2) is 0 Å². The fourth-order valence-corrected chi connectivity index (χ4v) is 1.98. The van der Waals surface area contributed by atoms with Crippen LogP contribution in [0.25, 0.3) is 10.9 Å². The first-order chi connectivity index (χ1) is 8.38. The summed E-state index contributed by atoms with van der Waals surface area (Å²) in [6, 6.07) is 10.0. The van der Waals surface area contributed by atoms with Gasteiger partial charge in [0.15, 0.2) is 0 Å². The summed E-state index contributed by atoms with van der Waals surface area (Å²) in [5, 5.41) is 1.08. The van der Waals surface area contributed by atoms with Crippen LogP contribution in [-0.2, 0) is 11.2 Å². The van der Waals surface area contributed by atoms with Gasteiger partial charge in [-0.1, -0.05) is 39.0 Å². The van der Waals surface area contributed by atoms with Crippen LogP contribution in [0.1, 0.15) is 32.0 Å². The smallest absolute Gasteiger partial charge is 0.142 e.